The largest absolute Gasteiger partial charge is 0.370 e. The van der Waals surface area contributed by atoms with Crippen LogP contribution in [0.3, 0.4) is 0 Å². The molecule has 11 nitrogen and oxygen atoms in total. The number of hydrogen-bond acceptors (Lipinski definition) is 10. The monoisotopic (exact) mass is 677 g/mol. The van der Waals surface area contributed by atoms with Crippen molar-refractivity contribution in [3.05, 3.63) is 98.0 Å². The Balaban J connectivity index is 1.12. The van der Waals surface area contributed by atoms with E-state index in [4.69, 9.17) is 16.1 Å². The number of unbranched alkanes of at least 4 members (excludes halogenated alkanes) is 3. The molecular weight excluding hydrogens is 631 g/mol. The van der Waals surface area contributed by atoms with Crippen molar-refractivity contribution in [2.24, 2.45) is 11.1 Å². The number of fused-ring (bicyclic) bond motifs is 1. The third-order valence-electron chi connectivity index (χ3n) is 8.33. The lowest BCUT2D eigenvalue weighted by Gasteiger charge is -2.34. The fraction of sp³-hybridized carbons (Fsp3) is 0.441. The maximum atomic E-state index is 11.1. The second kappa shape index (κ2) is 18.4. The SMILES string of the molecule is CC(c1ccccn1)C1(CCN(C)CCCCCCNC(=C[N+](=O)[O-])NCCSCc2csc(NC(=N)N)n2)C=c2ccccc2=C1. The second-order valence-electron chi connectivity index (χ2n) is 11.9. The van der Waals surface area contributed by atoms with E-state index >= 15 is 0 Å². The number of thiazole rings is 1. The number of rotatable bonds is 21. The van der Waals surface area contributed by atoms with Crippen LogP contribution in [0.4, 0.5) is 5.13 Å². The molecule has 2 aromatic heterocycles. The van der Waals surface area contributed by atoms with Gasteiger partial charge in [0.2, 0.25) is 0 Å². The zero-order valence-corrected chi connectivity index (χ0v) is 28.9. The van der Waals surface area contributed by atoms with Crippen LogP contribution in [0.2, 0.25) is 0 Å². The van der Waals surface area contributed by atoms with Gasteiger partial charge in [-0.05, 0) is 62.0 Å². The Bertz CT molecular complexity index is 1560. The van der Waals surface area contributed by atoms with Gasteiger partial charge in [0.15, 0.2) is 16.9 Å². The van der Waals surface area contributed by atoms with Crippen molar-refractivity contribution in [2.75, 3.05) is 44.3 Å². The number of nitrogens with one attached hydrogen (secondary N) is 4. The summed E-state index contributed by atoms with van der Waals surface area (Å²) in [5.74, 6) is 2.06. The molecule has 0 fully saturated rings. The maximum Gasteiger partial charge on any atom is 0.274 e. The van der Waals surface area contributed by atoms with E-state index in [1.807, 2.05) is 17.6 Å². The van der Waals surface area contributed by atoms with Crippen LogP contribution in [-0.2, 0) is 5.75 Å². The average molecular weight is 678 g/mol. The zero-order valence-electron chi connectivity index (χ0n) is 27.3. The van der Waals surface area contributed by atoms with Crippen molar-refractivity contribution in [2.45, 2.75) is 50.7 Å². The molecule has 0 bridgehead atoms. The summed E-state index contributed by atoms with van der Waals surface area (Å²) in [5, 5.41) is 32.6. The minimum absolute atomic E-state index is 0.0698. The molecule has 3 aromatic rings. The van der Waals surface area contributed by atoms with Crippen molar-refractivity contribution >= 4 is 46.3 Å². The van der Waals surface area contributed by atoms with E-state index in [0.29, 0.717) is 29.8 Å². The molecule has 252 valence electrons. The lowest BCUT2D eigenvalue weighted by Crippen LogP contribution is -2.30. The fourth-order valence-corrected chi connectivity index (χ4v) is 7.31. The Morgan fingerprint density at radius 3 is 2.53 bits per heavy atom. The predicted molar refractivity (Wildman–Crippen MR) is 195 cm³/mol. The van der Waals surface area contributed by atoms with Crippen LogP contribution in [0, 0.1) is 20.9 Å². The summed E-state index contributed by atoms with van der Waals surface area (Å²) in [6.07, 6.45) is 13.1. The minimum Gasteiger partial charge on any atom is -0.370 e. The van der Waals surface area contributed by atoms with Crippen molar-refractivity contribution in [1.29, 1.82) is 5.41 Å². The first kappa shape index (κ1) is 35.9. The highest BCUT2D eigenvalue weighted by Crippen LogP contribution is 2.42. The van der Waals surface area contributed by atoms with Crippen LogP contribution < -0.4 is 32.1 Å². The van der Waals surface area contributed by atoms with Crippen molar-refractivity contribution in [3.8, 4) is 0 Å². The molecule has 0 radical (unpaired) electrons. The molecule has 1 unspecified atom stereocenters. The molecule has 6 N–H and O–H groups in total. The van der Waals surface area contributed by atoms with E-state index in [9.17, 15) is 10.1 Å². The first-order chi connectivity index (χ1) is 22.7. The smallest absolute Gasteiger partial charge is 0.274 e. The van der Waals surface area contributed by atoms with Gasteiger partial charge in [0.05, 0.1) is 10.6 Å². The van der Waals surface area contributed by atoms with E-state index in [0.717, 1.165) is 68.5 Å². The highest BCUT2D eigenvalue weighted by molar-refractivity contribution is 7.98. The van der Waals surface area contributed by atoms with Crippen LogP contribution in [0.5, 0.6) is 0 Å². The van der Waals surface area contributed by atoms with Gasteiger partial charge >= 0.3 is 0 Å². The van der Waals surface area contributed by atoms with E-state index in [2.05, 4.69) is 88.4 Å². The summed E-state index contributed by atoms with van der Waals surface area (Å²) in [4.78, 5) is 22.2. The third-order valence-corrected chi connectivity index (χ3v) is 10.1. The highest BCUT2D eigenvalue weighted by atomic mass is 32.2. The number of thioether (sulfide) groups is 1. The molecule has 4 rings (SSSR count). The van der Waals surface area contributed by atoms with E-state index < -0.39 is 4.92 Å². The van der Waals surface area contributed by atoms with Gasteiger partial charge in [-0.3, -0.25) is 20.5 Å². The number of pyridine rings is 1. The van der Waals surface area contributed by atoms with Crippen LogP contribution in [0.25, 0.3) is 12.2 Å². The number of hydrogen-bond donors (Lipinski definition) is 5. The number of benzene rings is 1. The Labute approximate surface area is 285 Å². The molecule has 1 aromatic carbocycles. The first-order valence-corrected chi connectivity index (χ1v) is 18.1. The predicted octanol–water partition coefficient (Wildman–Crippen LogP) is 4.28. The molecule has 47 heavy (non-hydrogen) atoms. The standard InChI is InChI=1S/C34H47N9O2S2/c1-26(30-13-7-9-15-37-30)34(21-27-11-5-6-12-28(27)22-34)14-19-42(2)18-10-4-3-8-16-38-31(23-43(44)45)39-17-20-46-24-29-25-47-33(40-29)41-32(35)36/h5-7,9,11-13,15,21-23,25-26,38-39H,3-4,8,10,14,16-20,24H2,1-2H3,(H4,35,36,40,41). The van der Waals surface area contributed by atoms with Crippen molar-refractivity contribution in [3.63, 3.8) is 0 Å². The van der Waals surface area contributed by atoms with Gasteiger partial charge in [-0.25, -0.2) is 4.98 Å². The molecular formula is C34H47N9O2S2. The first-order valence-electron chi connectivity index (χ1n) is 16.1. The summed E-state index contributed by atoms with van der Waals surface area (Å²) in [6, 6.07) is 14.8. The fourth-order valence-electron chi connectivity index (χ4n) is 5.73. The van der Waals surface area contributed by atoms with Gasteiger partial charge in [0, 0.05) is 53.2 Å². The van der Waals surface area contributed by atoms with Crippen LogP contribution in [-0.4, -0.2) is 64.7 Å². The number of nitro groups is 1. The molecule has 2 heterocycles. The van der Waals surface area contributed by atoms with Crippen molar-refractivity contribution < 1.29 is 4.92 Å². The molecule has 1 aliphatic rings. The van der Waals surface area contributed by atoms with Gasteiger partial charge in [0.1, 0.15) is 0 Å². The molecule has 0 saturated carbocycles. The van der Waals surface area contributed by atoms with Gasteiger partial charge in [-0.2, -0.15) is 11.8 Å². The molecule has 0 aliphatic heterocycles. The molecule has 1 aliphatic carbocycles. The Kier molecular flexibility index (Phi) is 14.1. The van der Waals surface area contributed by atoms with Gasteiger partial charge in [0.25, 0.3) is 6.20 Å². The molecule has 0 amide bonds. The molecule has 1 atom stereocenters. The van der Waals surface area contributed by atoms with Crippen LogP contribution >= 0.6 is 23.1 Å². The summed E-state index contributed by atoms with van der Waals surface area (Å²) in [7, 11) is 2.21. The Morgan fingerprint density at radius 2 is 1.83 bits per heavy atom. The Morgan fingerprint density at radius 1 is 1.11 bits per heavy atom. The number of anilines is 1. The topological polar surface area (TPSA) is 158 Å². The van der Waals surface area contributed by atoms with Crippen molar-refractivity contribution in [1.82, 2.24) is 25.5 Å². The maximum absolute atomic E-state index is 11.1. The average Bonchev–Trinajstić information content (AvgIpc) is 3.67. The summed E-state index contributed by atoms with van der Waals surface area (Å²) in [6.45, 7) is 5.61. The van der Waals surface area contributed by atoms with Gasteiger partial charge in [-0.15, -0.1) is 11.3 Å². The molecule has 0 saturated heterocycles. The van der Waals surface area contributed by atoms with Gasteiger partial charge < -0.3 is 26.6 Å². The third kappa shape index (κ3) is 11.7. The van der Waals surface area contributed by atoms with Gasteiger partial charge in [-0.1, -0.05) is 62.2 Å². The summed E-state index contributed by atoms with van der Waals surface area (Å²) < 4.78 is 0. The lowest BCUT2D eigenvalue weighted by atomic mass is 9.72. The van der Waals surface area contributed by atoms with Crippen LogP contribution in [0.15, 0.2) is 66.1 Å². The summed E-state index contributed by atoms with van der Waals surface area (Å²) >= 11 is 3.08. The second-order valence-corrected chi connectivity index (χ2v) is 13.9. The number of nitrogens with two attached hydrogens (primary N) is 1. The number of aromatic nitrogens is 2. The lowest BCUT2D eigenvalue weighted by molar-refractivity contribution is -0.404. The highest BCUT2D eigenvalue weighted by Gasteiger charge is 2.35. The normalized spacial score (nSPS) is 14.1. The quantitative estimate of drug-likeness (QED) is 0.0362. The number of nitrogens with zero attached hydrogens (tertiary/aromatic N) is 4. The van der Waals surface area contributed by atoms with E-state index in [1.54, 1.807) is 11.8 Å². The Hall–Kier alpha value is -3.94. The van der Waals surface area contributed by atoms with Crippen LogP contribution in [0.1, 0.15) is 56.3 Å². The number of guanidine groups is 1. The summed E-state index contributed by atoms with van der Waals surface area (Å²) in [5.41, 5.74) is 7.30. The molecule has 13 heteroatoms. The van der Waals surface area contributed by atoms with E-state index in [-0.39, 0.29) is 17.3 Å². The van der Waals surface area contributed by atoms with E-state index in [1.165, 1.54) is 21.8 Å². The zero-order chi connectivity index (χ0) is 33.5. The molecule has 0 spiro atoms. The minimum atomic E-state index is -0.432.